The van der Waals surface area contributed by atoms with E-state index in [1.54, 1.807) is 11.0 Å². The van der Waals surface area contributed by atoms with Crippen LogP contribution in [-0.2, 0) is 14.6 Å². The molecule has 0 saturated carbocycles. The molecule has 1 aliphatic rings. The SMILES string of the molecule is CNCCC1CCN(C(=O)CCS(=O)(=O)c2ccc(OC)c(OC)c2)CC1. The Morgan fingerprint density at radius 3 is 2.44 bits per heavy atom. The van der Waals surface area contributed by atoms with Gasteiger partial charge in [-0.1, -0.05) is 0 Å². The van der Waals surface area contributed by atoms with Crippen molar-refractivity contribution in [3.63, 3.8) is 0 Å². The Kier molecular flexibility index (Phi) is 7.91. The van der Waals surface area contributed by atoms with Crippen molar-refractivity contribution in [3.8, 4) is 11.5 Å². The van der Waals surface area contributed by atoms with Gasteiger partial charge < -0.3 is 19.7 Å². The Bertz CT molecular complexity index is 728. The quantitative estimate of drug-likeness (QED) is 0.682. The van der Waals surface area contributed by atoms with Crippen molar-refractivity contribution in [2.45, 2.75) is 30.6 Å². The van der Waals surface area contributed by atoms with Crippen molar-refractivity contribution in [2.75, 3.05) is 46.7 Å². The average Bonchev–Trinajstić information content (AvgIpc) is 2.70. The molecule has 0 atom stereocenters. The fourth-order valence-electron chi connectivity index (χ4n) is 3.33. The molecular formula is C19H30N2O5S. The highest BCUT2D eigenvalue weighted by atomic mass is 32.2. The number of amides is 1. The predicted molar refractivity (Wildman–Crippen MR) is 104 cm³/mol. The molecule has 7 nitrogen and oxygen atoms in total. The van der Waals surface area contributed by atoms with E-state index in [-0.39, 0.29) is 23.0 Å². The molecule has 1 aliphatic heterocycles. The topological polar surface area (TPSA) is 84.9 Å². The van der Waals surface area contributed by atoms with E-state index in [9.17, 15) is 13.2 Å². The van der Waals surface area contributed by atoms with Gasteiger partial charge in [-0.2, -0.15) is 0 Å². The fraction of sp³-hybridized carbons (Fsp3) is 0.632. The molecule has 1 fully saturated rings. The highest BCUT2D eigenvalue weighted by Crippen LogP contribution is 2.30. The van der Waals surface area contributed by atoms with Gasteiger partial charge >= 0.3 is 0 Å². The van der Waals surface area contributed by atoms with Crippen LogP contribution < -0.4 is 14.8 Å². The number of likely N-dealkylation sites (tertiary alicyclic amines) is 1. The van der Waals surface area contributed by atoms with Crippen LogP contribution in [0.2, 0.25) is 0 Å². The molecule has 0 unspecified atom stereocenters. The second-order valence-electron chi connectivity index (χ2n) is 6.80. The van der Waals surface area contributed by atoms with Gasteiger partial charge in [-0.15, -0.1) is 0 Å². The minimum Gasteiger partial charge on any atom is -0.493 e. The lowest BCUT2D eigenvalue weighted by Gasteiger charge is -2.32. The van der Waals surface area contributed by atoms with E-state index in [0.29, 0.717) is 30.5 Å². The summed E-state index contributed by atoms with van der Waals surface area (Å²) in [7, 11) is 1.33. The van der Waals surface area contributed by atoms with Crippen LogP contribution in [0.25, 0.3) is 0 Å². The van der Waals surface area contributed by atoms with E-state index in [4.69, 9.17) is 9.47 Å². The Morgan fingerprint density at radius 2 is 1.85 bits per heavy atom. The molecule has 1 N–H and O–H groups in total. The van der Waals surface area contributed by atoms with Gasteiger partial charge in [0.25, 0.3) is 0 Å². The van der Waals surface area contributed by atoms with Gasteiger partial charge in [0.05, 0.1) is 24.9 Å². The molecule has 1 heterocycles. The molecule has 1 aromatic carbocycles. The monoisotopic (exact) mass is 398 g/mol. The van der Waals surface area contributed by atoms with E-state index in [0.717, 1.165) is 25.8 Å². The summed E-state index contributed by atoms with van der Waals surface area (Å²) in [6.45, 7) is 2.41. The normalized spacial score (nSPS) is 15.6. The maximum Gasteiger partial charge on any atom is 0.223 e. The zero-order valence-corrected chi connectivity index (χ0v) is 17.2. The third-order valence-electron chi connectivity index (χ3n) is 5.07. The lowest BCUT2D eigenvalue weighted by molar-refractivity contribution is -0.132. The third kappa shape index (κ3) is 5.84. The number of methoxy groups -OCH3 is 2. The second kappa shape index (κ2) is 9.94. The number of carbonyl (C=O) groups is 1. The minimum absolute atomic E-state index is 0.00212. The van der Waals surface area contributed by atoms with Crippen molar-refractivity contribution in [3.05, 3.63) is 18.2 Å². The molecule has 2 rings (SSSR count). The molecule has 0 bridgehead atoms. The summed E-state index contributed by atoms with van der Waals surface area (Å²) in [4.78, 5) is 14.4. The summed E-state index contributed by atoms with van der Waals surface area (Å²) in [6, 6.07) is 4.48. The first-order valence-electron chi connectivity index (χ1n) is 9.28. The van der Waals surface area contributed by atoms with Crippen LogP contribution in [0, 0.1) is 5.92 Å². The van der Waals surface area contributed by atoms with Crippen molar-refractivity contribution >= 4 is 15.7 Å². The summed E-state index contributed by atoms with van der Waals surface area (Å²) >= 11 is 0. The van der Waals surface area contributed by atoms with Gasteiger partial charge in [0.2, 0.25) is 5.91 Å². The number of nitrogens with zero attached hydrogens (tertiary/aromatic N) is 1. The number of rotatable bonds is 9. The molecule has 0 aromatic heterocycles. The number of benzene rings is 1. The lowest BCUT2D eigenvalue weighted by Crippen LogP contribution is -2.39. The Labute approximate surface area is 161 Å². The molecule has 0 aliphatic carbocycles. The van der Waals surface area contributed by atoms with Crippen LogP contribution in [0.5, 0.6) is 11.5 Å². The summed E-state index contributed by atoms with van der Waals surface area (Å²) in [5, 5.41) is 3.15. The summed E-state index contributed by atoms with van der Waals surface area (Å²) < 4.78 is 35.5. The van der Waals surface area contributed by atoms with E-state index < -0.39 is 9.84 Å². The molecule has 152 valence electrons. The number of sulfone groups is 1. The first kappa shape index (κ1) is 21.5. The number of hydrogen-bond donors (Lipinski definition) is 1. The van der Waals surface area contributed by atoms with E-state index in [2.05, 4.69) is 5.32 Å². The van der Waals surface area contributed by atoms with Crippen LogP contribution >= 0.6 is 0 Å². The fourth-order valence-corrected chi connectivity index (χ4v) is 4.57. The van der Waals surface area contributed by atoms with Gasteiger partial charge in [0.15, 0.2) is 21.3 Å². The molecule has 27 heavy (non-hydrogen) atoms. The van der Waals surface area contributed by atoms with Crippen LogP contribution in [0.3, 0.4) is 0 Å². The first-order valence-corrected chi connectivity index (χ1v) is 10.9. The zero-order valence-electron chi connectivity index (χ0n) is 16.4. The molecular weight excluding hydrogens is 368 g/mol. The first-order chi connectivity index (χ1) is 12.9. The van der Waals surface area contributed by atoms with Gasteiger partial charge in [-0.3, -0.25) is 4.79 Å². The lowest BCUT2D eigenvalue weighted by atomic mass is 9.93. The number of ether oxygens (including phenoxy) is 2. The Balaban J connectivity index is 1.91. The van der Waals surface area contributed by atoms with Crippen molar-refractivity contribution in [1.82, 2.24) is 10.2 Å². The van der Waals surface area contributed by atoms with E-state index in [1.807, 2.05) is 7.05 Å². The largest absolute Gasteiger partial charge is 0.493 e. The molecule has 1 amide bonds. The molecule has 1 saturated heterocycles. The van der Waals surface area contributed by atoms with Crippen LogP contribution in [0.1, 0.15) is 25.7 Å². The Morgan fingerprint density at radius 1 is 1.19 bits per heavy atom. The van der Waals surface area contributed by atoms with Gasteiger partial charge in [0, 0.05) is 25.6 Å². The Hall–Kier alpha value is -1.80. The van der Waals surface area contributed by atoms with Crippen molar-refractivity contribution < 1.29 is 22.7 Å². The molecule has 8 heteroatoms. The summed E-state index contributed by atoms with van der Waals surface area (Å²) in [5.41, 5.74) is 0. The molecule has 0 radical (unpaired) electrons. The maximum atomic E-state index is 12.6. The van der Waals surface area contributed by atoms with Crippen LogP contribution in [0.4, 0.5) is 0 Å². The van der Waals surface area contributed by atoms with E-state index in [1.165, 1.54) is 26.4 Å². The second-order valence-corrected chi connectivity index (χ2v) is 8.91. The highest BCUT2D eigenvalue weighted by Gasteiger charge is 2.25. The maximum absolute atomic E-state index is 12.6. The standard InChI is InChI=1S/C19H30N2O5S/c1-20-10-6-15-7-11-21(12-8-15)19(22)9-13-27(23,24)16-4-5-17(25-2)18(14-16)26-3/h4-5,14-15,20H,6-13H2,1-3H3. The number of carbonyl (C=O) groups excluding carboxylic acids is 1. The molecule has 1 aromatic rings. The number of hydrogen-bond acceptors (Lipinski definition) is 6. The molecule has 0 spiro atoms. The smallest absolute Gasteiger partial charge is 0.223 e. The van der Waals surface area contributed by atoms with Crippen LogP contribution in [-0.4, -0.2) is 65.9 Å². The number of nitrogens with one attached hydrogen (secondary N) is 1. The number of piperidine rings is 1. The summed E-state index contributed by atoms with van der Waals surface area (Å²) in [5.74, 6) is 1.16. The zero-order chi connectivity index (χ0) is 19.9. The van der Waals surface area contributed by atoms with Gasteiger partial charge in [0.1, 0.15) is 0 Å². The highest BCUT2D eigenvalue weighted by molar-refractivity contribution is 7.91. The summed E-state index contributed by atoms with van der Waals surface area (Å²) in [6.07, 6.45) is 3.08. The van der Waals surface area contributed by atoms with Gasteiger partial charge in [-0.05, 0) is 50.9 Å². The van der Waals surface area contributed by atoms with Gasteiger partial charge in [-0.25, -0.2) is 8.42 Å². The van der Waals surface area contributed by atoms with Crippen molar-refractivity contribution in [2.24, 2.45) is 5.92 Å². The van der Waals surface area contributed by atoms with Crippen LogP contribution in [0.15, 0.2) is 23.1 Å². The minimum atomic E-state index is -3.57. The van der Waals surface area contributed by atoms with Crippen molar-refractivity contribution in [1.29, 1.82) is 0 Å². The predicted octanol–water partition coefficient (Wildman–Crippen LogP) is 1.72. The average molecular weight is 399 g/mol. The third-order valence-corrected chi connectivity index (χ3v) is 6.78. The van der Waals surface area contributed by atoms with E-state index >= 15 is 0 Å².